The van der Waals surface area contributed by atoms with Crippen LogP contribution in [0.4, 0.5) is 5.69 Å². The van der Waals surface area contributed by atoms with E-state index >= 15 is 0 Å². The molecule has 1 N–H and O–H groups in total. The van der Waals surface area contributed by atoms with Gasteiger partial charge in [-0.05, 0) is 6.07 Å². The highest BCUT2D eigenvalue weighted by Gasteiger charge is 2.04. The zero-order valence-corrected chi connectivity index (χ0v) is 9.47. The summed E-state index contributed by atoms with van der Waals surface area (Å²) in [5.41, 5.74) is 0.0457. The largest absolute Gasteiger partial charge is 0.497 e. The van der Waals surface area contributed by atoms with Crippen molar-refractivity contribution in [2.45, 2.75) is 0 Å². The monoisotopic (exact) mass is 249 g/mol. The Kier molecular flexibility index (Phi) is 5.40. The van der Waals surface area contributed by atoms with Gasteiger partial charge in [0.2, 0.25) is 0 Å². The van der Waals surface area contributed by atoms with Gasteiger partial charge in [0.1, 0.15) is 5.75 Å². The molecule has 0 aliphatic heterocycles. The average molecular weight is 249 g/mol. The number of benzene rings is 1. The summed E-state index contributed by atoms with van der Waals surface area (Å²) >= 11 is 0. The molecule has 1 aromatic rings. The van der Waals surface area contributed by atoms with E-state index in [1.165, 1.54) is 19.2 Å². The third-order valence-electron chi connectivity index (χ3n) is 1.26. The Labute approximate surface area is 92.6 Å². The van der Waals surface area contributed by atoms with Gasteiger partial charge in [-0.3, -0.25) is 14.7 Å². The number of nitrogens with zero attached hydrogens (tertiary/aromatic N) is 1. The predicted octanol–water partition coefficient (Wildman–Crippen LogP) is 1.11. The van der Waals surface area contributed by atoms with Gasteiger partial charge < -0.3 is 4.74 Å². The molecule has 0 amide bonds. The van der Waals surface area contributed by atoms with E-state index in [9.17, 15) is 18.5 Å². The maximum Gasteiger partial charge on any atom is 0.273 e. The summed E-state index contributed by atoms with van der Waals surface area (Å²) in [4.78, 5) is 9.76. The molecular formula is C8H11NO6S. The molecule has 1 aromatic carbocycles. The van der Waals surface area contributed by atoms with Crippen LogP contribution in [0.25, 0.3) is 0 Å². The van der Waals surface area contributed by atoms with Gasteiger partial charge in [0, 0.05) is 6.07 Å². The molecule has 0 aromatic heterocycles. The highest BCUT2D eigenvalue weighted by atomic mass is 32.2. The lowest BCUT2D eigenvalue weighted by Crippen LogP contribution is -1.88. The van der Waals surface area contributed by atoms with Crippen LogP contribution in [0.15, 0.2) is 24.3 Å². The number of nitro groups is 1. The molecule has 90 valence electrons. The molecule has 1 rings (SSSR count). The van der Waals surface area contributed by atoms with Crippen molar-refractivity contribution >= 4 is 15.8 Å². The second kappa shape index (κ2) is 6.03. The van der Waals surface area contributed by atoms with Crippen LogP contribution in [-0.4, -0.2) is 31.3 Å². The molecule has 0 fully saturated rings. The minimum atomic E-state index is -3.67. The lowest BCUT2D eigenvalue weighted by atomic mass is 10.3. The summed E-state index contributed by atoms with van der Waals surface area (Å²) in [7, 11) is -2.20. The van der Waals surface area contributed by atoms with Crippen molar-refractivity contribution in [3.63, 3.8) is 0 Å². The van der Waals surface area contributed by atoms with Gasteiger partial charge in [-0.1, -0.05) is 6.07 Å². The van der Waals surface area contributed by atoms with Crippen molar-refractivity contribution in [2.75, 3.05) is 13.4 Å². The van der Waals surface area contributed by atoms with Crippen LogP contribution in [-0.2, 0) is 10.1 Å². The number of hydrogen-bond donors (Lipinski definition) is 1. The number of nitro benzene ring substituents is 1. The maximum absolute atomic E-state index is 10.2. The standard InChI is InChI=1S/C7H7NO3.CH4O3S/c1-11-7-4-2-3-6(5-7)8(9)10;1-5(2,3)4/h2-5H,1H3;1H3,(H,2,3,4). The Morgan fingerprint density at radius 1 is 1.44 bits per heavy atom. The Bertz CT molecular complexity index is 447. The lowest BCUT2D eigenvalue weighted by molar-refractivity contribution is -0.384. The summed E-state index contributed by atoms with van der Waals surface area (Å²) in [5.74, 6) is 0.499. The minimum absolute atomic E-state index is 0.0457. The van der Waals surface area contributed by atoms with Crippen LogP contribution in [0.3, 0.4) is 0 Å². The molecule has 0 unspecified atom stereocenters. The van der Waals surface area contributed by atoms with Gasteiger partial charge >= 0.3 is 0 Å². The molecular weight excluding hydrogens is 238 g/mol. The predicted molar refractivity (Wildman–Crippen MR) is 57.1 cm³/mol. The first-order chi connectivity index (χ1) is 7.24. The van der Waals surface area contributed by atoms with Gasteiger partial charge in [-0.15, -0.1) is 0 Å². The smallest absolute Gasteiger partial charge is 0.273 e. The van der Waals surface area contributed by atoms with Crippen molar-refractivity contribution in [2.24, 2.45) is 0 Å². The summed E-state index contributed by atoms with van der Waals surface area (Å²) in [6, 6.07) is 6.03. The fourth-order valence-corrected chi connectivity index (χ4v) is 0.724. The van der Waals surface area contributed by atoms with Gasteiger partial charge in [0.25, 0.3) is 15.8 Å². The summed E-state index contributed by atoms with van der Waals surface area (Å²) < 4.78 is 30.7. The number of non-ortho nitro benzene ring substituents is 1. The second-order valence-corrected chi connectivity index (χ2v) is 4.16. The fourth-order valence-electron chi connectivity index (χ4n) is 0.724. The van der Waals surface area contributed by atoms with Crippen molar-refractivity contribution in [1.82, 2.24) is 0 Å². The Morgan fingerprint density at radius 2 is 1.94 bits per heavy atom. The highest BCUT2D eigenvalue weighted by Crippen LogP contribution is 2.17. The molecule has 0 bridgehead atoms. The molecule has 0 saturated carbocycles. The SMILES string of the molecule is COc1cccc([N+](=O)[O-])c1.CS(=O)(=O)O. The molecule has 0 saturated heterocycles. The maximum atomic E-state index is 10.2. The molecule has 0 radical (unpaired) electrons. The van der Waals surface area contributed by atoms with E-state index < -0.39 is 15.0 Å². The summed E-state index contributed by atoms with van der Waals surface area (Å²) in [6.07, 6.45) is 0.715. The first-order valence-corrected chi connectivity index (χ1v) is 5.79. The van der Waals surface area contributed by atoms with Crippen molar-refractivity contribution in [3.05, 3.63) is 34.4 Å². The van der Waals surface area contributed by atoms with Crippen LogP contribution in [0.2, 0.25) is 0 Å². The topological polar surface area (TPSA) is 107 Å². The summed E-state index contributed by atoms with van der Waals surface area (Å²) in [6.45, 7) is 0. The van der Waals surface area contributed by atoms with Crippen LogP contribution in [0, 0.1) is 10.1 Å². The van der Waals surface area contributed by atoms with E-state index in [1.54, 1.807) is 12.1 Å². The molecule has 0 atom stereocenters. The minimum Gasteiger partial charge on any atom is -0.497 e. The molecule has 8 heteroatoms. The molecule has 0 aliphatic rings. The van der Waals surface area contributed by atoms with E-state index in [2.05, 4.69) is 0 Å². The van der Waals surface area contributed by atoms with Crippen molar-refractivity contribution < 1.29 is 22.6 Å². The van der Waals surface area contributed by atoms with E-state index in [0.29, 0.717) is 12.0 Å². The normalized spacial score (nSPS) is 9.94. The quantitative estimate of drug-likeness (QED) is 0.478. The van der Waals surface area contributed by atoms with Gasteiger partial charge in [-0.25, -0.2) is 0 Å². The number of ether oxygens (including phenoxy) is 1. The third kappa shape index (κ3) is 7.71. The lowest BCUT2D eigenvalue weighted by Gasteiger charge is -1.96. The van der Waals surface area contributed by atoms with Crippen molar-refractivity contribution in [3.8, 4) is 5.75 Å². The molecule has 7 nitrogen and oxygen atoms in total. The molecule has 16 heavy (non-hydrogen) atoms. The Balaban J connectivity index is 0.000000385. The average Bonchev–Trinajstić information content (AvgIpc) is 2.15. The second-order valence-electron chi connectivity index (χ2n) is 2.69. The van der Waals surface area contributed by atoms with Crippen molar-refractivity contribution in [1.29, 1.82) is 0 Å². The van der Waals surface area contributed by atoms with E-state index in [0.717, 1.165) is 0 Å². The van der Waals surface area contributed by atoms with Gasteiger partial charge in [0.15, 0.2) is 0 Å². The fraction of sp³-hybridized carbons (Fsp3) is 0.250. The highest BCUT2D eigenvalue weighted by molar-refractivity contribution is 7.85. The number of methoxy groups -OCH3 is 1. The summed E-state index contributed by atoms with van der Waals surface area (Å²) in [5, 5.41) is 10.2. The van der Waals surface area contributed by atoms with Gasteiger partial charge in [-0.2, -0.15) is 8.42 Å². The van der Waals surface area contributed by atoms with E-state index in [-0.39, 0.29) is 5.69 Å². The first-order valence-electron chi connectivity index (χ1n) is 3.95. The Hall–Kier alpha value is -1.67. The van der Waals surface area contributed by atoms with E-state index in [4.69, 9.17) is 9.29 Å². The van der Waals surface area contributed by atoms with Crippen LogP contribution in [0.5, 0.6) is 5.75 Å². The zero-order chi connectivity index (χ0) is 12.8. The number of hydrogen-bond acceptors (Lipinski definition) is 5. The molecule has 0 aliphatic carbocycles. The van der Waals surface area contributed by atoms with Crippen LogP contribution in [0.1, 0.15) is 0 Å². The van der Waals surface area contributed by atoms with Gasteiger partial charge in [0.05, 0.1) is 24.4 Å². The molecule has 0 spiro atoms. The van der Waals surface area contributed by atoms with E-state index in [1.807, 2.05) is 0 Å². The third-order valence-corrected chi connectivity index (χ3v) is 1.26. The van der Waals surface area contributed by atoms with Crippen LogP contribution < -0.4 is 4.74 Å². The zero-order valence-electron chi connectivity index (χ0n) is 8.65. The molecule has 0 heterocycles. The number of rotatable bonds is 2. The van der Waals surface area contributed by atoms with Crippen LogP contribution >= 0.6 is 0 Å². The Morgan fingerprint density at radius 3 is 2.31 bits per heavy atom. The first kappa shape index (κ1) is 14.3.